The van der Waals surface area contributed by atoms with E-state index < -0.39 is 0 Å². The summed E-state index contributed by atoms with van der Waals surface area (Å²) in [6.07, 6.45) is 1.55. The van der Waals surface area contributed by atoms with Gasteiger partial charge in [-0.05, 0) is 12.1 Å². The van der Waals surface area contributed by atoms with Gasteiger partial charge >= 0.3 is 0 Å². The first-order chi connectivity index (χ1) is 7.16. The van der Waals surface area contributed by atoms with Crippen molar-refractivity contribution in [2.75, 3.05) is 0 Å². The van der Waals surface area contributed by atoms with Crippen LogP contribution >= 0.6 is 34.8 Å². The minimum atomic E-state index is 0.504. The second kappa shape index (κ2) is 4.40. The summed E-state index contributed by atoms with van der Waals surface area (Å²) < 4.78 is 0. The van der Waals surface area contributed by atoms with Gasteiger partial charge in [-0.3, -0.25) is 4.98 Å². The maximum atomic E-state index is 6.02. The number of hydrogen-bond acceptors (Lipinski definition) is 1. The fraction of sp³-hybridized carbons (Fsp3) is 0. The SMILES string of the molecule is Clc1[c]ccc(-c2ncc(Cl)cc2Cl)c1. The average Bonchev–Trinajstić information content (AvgIpc) is 2.17. The van der Waals surface area contributed by atoms with Gasteiger partial charge < -0.3 is 0 Å². The molecule has 0 spiro atoms. The number of halogens is 3. The van der Waals surface area contributed by atoms with E-state index in [1.807, 2.05) is 6.07 Å². The predicted molar refractivity (Wildman–Crippen MR) is 63.5 cm³/mol. The molecule has 2 rings (SSSR count). The van der Waals surface area contributed by atoms with Crippen LogP contribution < -0.4 is 0 Å². The smallest absolute Gasteiger partial charge is 0.0889 e. The highest BCUT2D eigenvalue weighted by Crippen LogP contribution is 2.28. The van der Waals surface area contributed by atoms with Crippen molar-refractivity contribution in [3.05, 3.63) is 51.6 Å². The first-order valence-electron chi connectivity index (χ1n) is 4.15. The van der Waals surface area contributed by atoms with Gasteiger partial charge in [-0.2, -0.15) is 0 Å². The van der Waals surface area contributed by atoms with E-state index in [-0.39, 0.29) is 0 Å². The molecule has 4 heteroatoms. The molecule has 0 fully saturated rings. The number of benzene rings is 1. The van der Waals surface area contributed by atoms with Crippen molar-refractivity contribution in [1.82, 2.24) is 4.98 Å². The Bertz CT molecular complexity index is 497. The molecule has 0 unspecified atom stereocenters. The van der Waals surface area contributed by atoms with Gasteiger partial charge in [-0.15, -0.1) is 0 Å². The summed E-state index contributed by atoms with van der Waals surface area (Å²) in [5.41, 5.74) is 1.51. The lowest BCUT2D eigenvalue weighted by atomic mass is 10.1. The second-order valence-electron chi connectivity index (χ2n) is 2.91. The van der Waals surface area contributed by atoms with E-state index in [0.29, 0.717) is 20.8 Å². The highest BCUT2D eigenvalue weighted by molar-refractivity contribution is 6.36. The van der Waals surface area contributed by atoms with Crippen molar-refractivity contribution in [3.8, 4) is 11.3 Å². The van der Waals surface area contributed by atoms with Gasteiger partial charge in [0.05, 0.1) is 15.7 Å². The molecule has 1 heterocycles. The molecule has 0 aliphatic heterocycles. The number of pyridine rings is 1. The number of nitrogens with zero attached hydrogens (tertiary/aromatic N) is 1. The van der Waals surface area contributed by atoms with Crippen LogP contribution in [0.3, 0.4) is 0 Å². The monoisotopic (exact) mass is 256 g/mol. The van der Waals surface area contributed by atoms with Crippen molar-refractivity contribution < 1.29 is 0 Å². The Kier molecular flexibility index (Phi) is 3.15. The average molecular weight is 258 g/mol. The highest BCUT2D eigenvalue weighted by Gasteiger charge is 2.06. The van der Waals surface area contributed by atoms with Crippen molar-refractivity contribution >= 4 is 34.8 Å². The van der Waals surface area contributed by atoms with Crippen LogP contribution in [0, 0.1) is 6.07 Å². The van der Waals surface area contributed by atoms with Gasteiger partial charge in [-0.1, -0.05) is 46.9 Å². The fourth-order valence-corrected chi connectivity index (χ4v) is 1.88. The molecular weight excluding hydrogens is 252 g/mol. The maximum Gasteiger partial charge on any atom is 0.0889 e. The Labute approximate surface area is 103 Å². The number of aromatic nitrogens is 1. The Morgan fingerprint density at radius 2 is 1.93 bits per heavy atom. The van der Waals surface area contributed by atoms with Crippen molar-refractivity contribution in [2.45, 2.75) is 0 Å². The summed E-state index contributed by atoms with van der Waals surface area (Å²) in [5.74, 6) is 0. The van der Waals surface area contributed by atoms with Gasteiger partial charge in [-0.25, -0.2) is 0 Å². The van der Waals surface area contributed by atoms with E-state index in [4.69, 9.17) is 34.8 Å². The van der Waals surface area contributed by atoms with E-state index >= 15 is 0 Å². The Balaban J connectivity index is 2.54. The van der Waals surface area contributed by atoms with Crippen LogP contribution in [-0.4, -0.2) is 4.98 Å². The summed E-state index contributed by atoms with van der Waals surface area (Å²) in [6, 6.07) is 9.81. The third-order valence-corrected chi connectivity index (χ3v) is 2.56. The summed E-state index contributed by atoms with van der Waals surface area (Å²) in [5, 5.41) is 1.54. The molecule has 1 aromatic carbocycles. The molecule has 1 nitrogen and oxygen atoms in total. The molecule has 0 bridgehead atoms. The fourth-order valence-electron chi connectivity index (χ4n) is 1.21. The van der Waals surface area contributed by atoms with Gasteiger partial charge in [0.25, 0.3) is 0 Å². The van der Waals surface area contributed by atoms with Crippen LogP contribution in [0.25, 0.3) is 11.3 Å². The Morgan fingerprint density at radius 1 is 1.13 bits per heavy atom. The third kappa shape index (κ3) is 2.43. The standard InChI is InChI=1S/C11H5Cl3N/c12-8-3-1-2-7(4-8)11-10(14)5-9(13)6-15-11/h1-2,4-6H. The van der Waals surface area contributed by atoms with Crippen LogP contribution in [0.4, 0.5) is 0 Å². The quantitative estimate of drug-likeness (QED) is 0.732. The van der Waals surface area contributed by atoms with E-state index in [9.17, 15) is 0 Å². The lowest BCUT2D eigenvalue weighted by molar-refractivity contribution is 1.33. The van der Waals surface area contributed by atoms with Gasteiger partial charge in [0.1, 0.15) is 0 Å². The van der Waals surface area contributed by atoms with Crippen LogP contribution in [0.2, 0.25) is 15.1 Å². The van der Waals surface area contributed by atoms with Crippen molar-refractivity contribution in [2.24, 2.45) is 0 Å². The molecule has 0 aliphatic rings. The minimum Gasteiger partial charge on any atom is -0.253 e. The summed E-state index contributed by atoms with van der Waals surface area (Å²) >= 11 is 17.6. The topological polar surface area (TPSA) is 12.9 Å². The largest absolute Gasteiger partial charge is 0.253 e. The second-order valence-corrected chi connectivity index (χ2v) is 4.16. The number of hydrogen-bond donors (Lipinski definition) is 0. The molecule has 75 valence electrons. The molecule has 0 saturated carbocycles. The number of rotatable bonds is 1. The van der Waals surface area contributed by atoms with Crippen molar-refractivity contribution in [1.29, 1.82) is 0 Å². The third-order valence-electron chi connectivity index (χ3n) is 1.85. The summed E-state index contributed by atoms with van der Waals surface area (Å²) in [7, 11) is 0. The van der Waals surface area contributed by atoms with Crippen LogP contribution in [0.15, 0.2) is 30.5 Å². The van der Waals surface area contributed by atoms with E-state index in [1.165, 1.54) is 0 Å². The van der Waals surface area contributed by atoms with Gasteiger partial charge in [0, 0.05) is 22.8 Å². The lowest BCUT2D eigenvalue weighted by Gasteiger charge is -2.03. The molecule has 15 heavy (non-hydrogen) atoms. The molecule has 1 radical (unpaired) electrons. The summed E-state index contributed by atoms with van der Waals surface area (Å²) in [6.45, 7) is 0. The molecule has 2 aromatic rings. The zero-order chi connectivity index (χ0) is 10.8. The molecule has 0 aliphatic carbocycles. The normalized spacial score (nSPS) is 10.3. The molecule has 0 amide bonds. The predicted octanol–water partition coefficient (Wildman–Crippen LogP) is 4.51. The van der Waals surface area contributed by atoms with Gasteiger partial charge in [0.15, 0.2) is 0 Å². The molecule has 0 atom stereocenters. The van der Waals surface area contributed by atoms with Crippen LogP contribution in [0.5, 0.6) is 0 Å². The van der Waals surface area contributed by atoms with Crippen LogP contribution in [0.1, 0.15) is 0 Å². The van der Waals surface area contributed by atoms with E-state index in [1.54, 1.807) is 24.4 Å². The summed E-state index contributed by atoms with van der Waals surface area (Å²) in [4.78, 5) is 4.15. The first-order valence-corrected chi connectivity index (χ1v) is 5.29. The zero-order valence-corrected chi connectivity index (χ0v) is 9.74. The highest BCUT2D eigenvalue weighted by atomic mass is 35.5. The molecular formula is C11H5Cl3N. The minimum absolute atomic E-state index is 0.504. The zero-order valence-electron chi connectivity index (χ0n) is 7.47. The lowest BCUT2D eigenvalue weighted by Crippen LogP contribution is -1.84. The van der Waals surface area contributed by atoms with E-state index in [2.05, 4.69) is 11.1 Å². The Morgan fingerprint density at radius 3 is 2.60 bits per heavy atom. The van der Waals surface area contributed by atoms with Crippen LogP contribution in [-0.2, 0) is 0 Å². The van der Waals surface area contributed by atoms with E-state index in [0.717, 1.165) is 5.56 Å². The van der Waals surface area contributed by atoms with Gasteiger partial charge in [0.2, 0.25) is 0 Å². The van der Waals surface area contributed by atoms with Crippen molar-refractivity contribution in [3.63, 3.8) is 0 Å². The first kappa shape index (κ1) is 10.7. The molecule has 0 N–H and O–H groups in total. The Hall–Kier alpha value is -0.760. The molecule has 1 aromatic heterocycles. The maximum absolute atomic E-state index is 6.02. The molecule has 0 saturated heterocycles.